The first-order valence-electron chi connectivity index (χ1n) is 11.3. The Labute approximate surface area is 200 Å². The lowest BCUT2D eigenvalue weighted by Gasteiger charge is -2.34. The smallest absolute Gasteiger partial charge is 0.227 e. The molecule has 8 nitrogen and oxygen atoms in total. The number of aliphatic hydroxyl groups is 1. The fourth-order valence-electron chi connectivity index (χ4n) is 4.43. The zero-order chi connectivity index (χ0) is 24.5. The number of carbonyl (C=O) groups is 1. The second-order valence-electron chi connectivity index (χ2n) is 8.99. The molecule has 1 aliphatic heterocycles. The molecule has 0 unspecified atom stereocenters. The van der Waals surface area contributed by atoms with E-state index < -0.39 is 15.9 Å². The molecule has 34 heavy (non-hydrogen) atoms. The standard InChI is InChI=1S/C25H30N4O4S/c1-17-21-12-11-20(34(3,32)33)14-22(21)27-25(26-17)29-13-7-10-19(15-29)24(31)28(2)16-23(30)18-8-5-4-6-9-18/h4-6,8-9,11-12,14,19,23,30H,7,10,13,15-16H2,1-3H3/t19-,23+/m1/s1. The predicted octanol–water partition coefficient (Wildman–Crippen LogP) is 2.75. The maximum absolute atomic E-state index is 13.2. The van der Waals surface area contributed by atoms with Gasteiger partial charge in [-0.15, -0.1) is 0 Å². The molecule has 2 aromatic carbocycles. The van der Waals surface area contributed by atoms with Crippen LogP contribution in [0.25, 0.3) is 10.9 Å². The lowest BCUT2D eigenvalue weighted by molar-refractivity contribution is -0.135. The fourth-order valence-corrected chi connectivity index (χ4v) is 5.07. The number of aliphatic hydroxyl groups excluding tert-OH is 1. The van der Waals surface area contributed by atoms with Gasteiger partial charge >= 0.3 is 0 Å². The van der Waals surface area contributed by atoms with Gasteiger partial charge in [-0.1, -0.05) is 30.3 Å². The molecule has 2 atom stereocenters. The van der Waals surface area contributed by atoms with Crippen LogP contribution in [0.15, 0.2) is 53.4 Å². The van der Waals surface area contributed by atoms with E-state index in [2.05, 4.69) is 9.97 Å². The summed E-state index contributed by atoms with van der Waals surface area (Å²) in [6.07, 6.45) is 2.00. The number of anilines is 1. The number of piperidine rings is 1. The topological polar surface area (TPSA) is 104 Å². The highest BCUT2D eigenvalue weighted by Gasteiger charge is 2.30. The number of hydrogen-bond acceptors (Lipinski definition) is 7. The number of aromatic nitrogens is 2. The lowest BCUT2D eigenvalue weighted by atomic mass is 9.96. The van der Waals surface area contributed by atoms with Gasteiger partial charge in [0.1, 0.15) is 0 Å². The average molecular weight is 483 g/mol. The number of sulfone groups is 1. The minimum atomic E-state index is -3.35. The molecule has 1 N–H and O–H groups in total. The van der Waals surface area contributed by atoms with E-state index in [-0.39, 0.29) is 23.3 Å². The van der Waals surface area contributed by atoms with Crippen molar-refractivity contribution in [1.29, 1.82) is 0 Å². The van der Waals surface area contributed by atoms with Gasteiger partial charge in [-0.2, -0.15) is 0 Å². The summed E-state index contributed by atoms with van der Waals surface area (Å²) in [5.41, 5.74) is 2.11. The van der Waals surface area contributed by atoms with Crippen molar-refractivity contribution in [3.8, 4) is 0 Å². The van der Waals surface area contributed by atoms with Gasteiger partial charge in [-0.25, -0.2) is 18.4 Å². The van der Waals surface area contributed by atoms with Gasteiger partial charge in [-0.3, -0.25) is 4.79 Å². The number of aryl methyl sites for hydroxylation is 1. The lowest BCUT2D eigenvalue weighted by Crippen LogP contribution is -2.45. The van der Waals surface area contributed by atoms with Gasteiger partial charge in [0, 0.05) is 31.8 Å². The van der Waals surface area contributed by atoms with Gasteiger partial charge in [0.05, 0.1) is 34.7 Å². The molecule has 0 bridgehead atoms. The monoisotopic (exact) mass is 482 g/mol. The van der Waals surface area contributed by atoms with E-state index in [0.29, 0.717) is 18.0 Å². The Morgan fingerprint density at radius 2 is 1.94 bits per heavy atom. The van der Waals surface area contributed by atoms with Crippen LogP contribution in [0.2, 0.25) is 0 Å². The molecule has 3 aromatic rings. The normalized spacial score (nSPS) is 17.5. The third kappa shape index (κ3) is 5.20. The summed E-state index contributed by atoms with van der Waals surface area (Å²) in [4.78, 5) is 26.3. The molecule has 0 radical (unpaired) electrons. The van der Waals surface area contributed by atoms with E-state index in [1.165, 1.54) is 6.26 Å². The van der Waals surface area contributed by atoms with Gasteiger partial charge in [0.15, 0.2) is 9.84 Å². The van der Waals surface area contributed by atoms with Crippen LogP contribution in [0.3, 0.4) is 0 Å². The van der Waals surface area contributed by atoms with Crippen molar-refractivity contribution < 1.29 is 18.3 Å². The predicted molar refractivity (Wildman–Crippen MR) is 131 cm³/mol. The first kappa shape index (κ1) is 24.1. The van der Waals surface area contributed by atoms with Gasteiger partial charge in [0.25, 0.3) is 0 Å². The van der Waals surface area contributed by atoms with Crippen LogP contribution in [0.5, 0.6) is 0 Å². The number of hydrogen-bond donors (Lipinski definition) is 1. The van der Waals surface area contributed by atoms with Gasteiger partial charge in [-0.05, 0) is 43.5 Å². The number of amides is 1. The van der Waals surface area contributed by atoms with E-state index >= 15 is 0 Å². The summed E-state index contributed by atoms with van der Waals surface area (Å²) in [6, 6.07) is 14.2. The minimum Gasteiger partial charge on any atom is -0.387 e. The summed E-state index contributed by atoms with van der Waals surface area (Å²) in [5, 5.41) is 11.3. The summed E-state index contributed by atoms with van der Waals surface area (Å²) >= 11 is 0. The Morgan fingerprint density at radius 3 is 2.65 bits per heavy atom. The first-order chi connectivity index (χ1) is 16.1. The summed E-state index contributed by atoms with van der Waals surface area (Å²) < 4.78 is 24.0. The van der Waals surface area contributed by atoms with E-state index in [9.17, 15) is 18.3 Å². The summed E-state index contributed by atoms with van der Waals surface area (Å²) in [6.45, 7) is 3.29. The molecule has 0 saturated carbocycles. The zero-order valence-electron chi connectivity index (χ0n) is 19.7. The molecule has 2 heterocycles. The summed E-state index contributed by atoms with van der Waals surface area (Å²) in [5.74, 6) is 0.250. The Bertz CT molecular complexity index is 1300. The number of rotatable bonds is 6. The van der Waals surface area contributed by atoms with Crippen molar-refractivity contribution in [1.82, 2.24) is 14.9 Å². The van der Waals surface area contributed by atoms with Gasteiger partial charge < -0.3 is 14.9 Å². The molecule has 1 aromatic heterocycles. The van der Waals surface area contributed by atoms with Crippen LogP contribution >= 0.6 is 0 Å². The van der Waals surface area contributed by atoms with Crippen molar-refractivity contribution >= 4 is 32.6 Å². The van der Waals surface area contributed by atoms with Crippen molar-refractivity contribution in [3.05, 3.63) is 59.8 Å². The second-order valence-corrected chi connectivity index (χ2v) is 11.0. The Morgan fingerprint density at radius 1 is 1.21 bits per heavy atom. The van der Waals surface area contributed by atoms with E-state index in [1.807, 2.05) is 42.2 Å². The molecule has 1 amide bonds. The molecule has 0 spiro atoms. The molecule has 1 saturated heterocycles. The van der Waals surface area contributed by atoms with E-state index in [4.69, 9.17) is 0 Å². The third-order valence-electron chi connectivity index (χ3n) is 6.34. The zero-order valence-corrected chi connectivity index (χ0v) is 20.5. The number of carbonyl (C=O) groups excluding carboxylic acids is 1. The van der Waals surface area contributed by atoms with Crippen molar-refractivity contribution in [2.75, 3.05) is 37.8 Å². The SMILES string of the molecule is Cc1nc(N2CCC[C@@H](C(=O)N(C)C[C@H](O)c3ccccc3)C2)nc2cc(S(C)(=O)=O)ccc12. The molecule has 180 valence electrons. The molecular formula is C25H30N4O4S. The highest BCUT2D eigenvalue weighted by atomic mass is 32.2. The van der Waals surface area contributed by atoms with Crippen molar-refractivity contribution in [3.63, 3.8) is 0 Å². The Balaban J connectivity index is 1.51. The first-order valence-corrected chi connectivity index (χ1v) is 13.2. The molecule has 0 aliphatic carbocycles. The molecule has 9 heteroatoms. The summed E-state index contributed by atoms with van der Waals surface area (Å²) in [7, 11) is -1.63. The quantitative estimate of drug-likeness (QED) is 0.576. The largest absolute Gasteiger partial charge is 0.387 e. The van der Waals surface area contributed by atoms with Crippen LogP contribution in [-0.2, 0) is 14.6 Å². The average Bonchev–Trinajstić information content (AvgIpc) is 2.83. The minimum absolute atomic E-state index is 0.0171. The van der Waals surface area contributed by atoms with E-state index in [1.54, 1.807) is 30.1 Å². The number of fused-ring (bicyclic) bond motifs is 1. The Hall–Kier alpha value is -3.04. The van der Waals surface area contributed by atoms with Crippen molar-refractivity contribution in [2.24, 2.45) is 5.92 Å². The van der Waals surface area contributed by atoms with Crippen LogP contribution in [0.4, 0.5) is 5.95 Å². The van der Waals surface area contributed by atoms with Crippen molar-refractivity contribution in [2.45, 2.75) is 30.8 Å². The maximum Gasteiger partial charge on any atom is 0.227 e. The number of likely N-dealkylation sites (N-methyl/N-ethyl adjacent to an activating group) is 1. The molecule has 4 rings (SSSR count). The van der Waals surface area contributed by atoms with Crippen LogP contribution in [-0.4, -0.2) is 67.2 Å². The van der Waals surface area contributed by atoms with Crippen LogP contribution < -0.4 is 4.90 Å². The van der Waals surface area contributed by atoms with Crippen LogP contribution in [0, 0.1) is 12.8 Å². The molecule has 1 aliphatic rings. The second kappa shape index (κ2) is 9.68. The highest BCUT2D eigenvalue weighted by Crippen LogP contribution is 2.26. The Kier molecular flexibility index (Phi) is 6.86. The number of nitrogens with zero attached hydrogens (tertiary/aromatic N) is 4. The van der Waals surface area contributed by atoms with Gasteiger partial charge in [0.2, 0.25) is 11.9 Å². The number of benzene rings is 2. The van der Waals surface area contributed by atoms with Crippen LogP contribution in [0.1, 0.15) is 30.2 Å². The fraction of sp³-hybridized carbons (Fsp3) is 0.400. The third-order valence-corrected chi connectivity index (χ3v) is 7.45. The highest BCUT2D eigenvalue weighted by molar-refractivity contribution is 7.90. The molecule has 1 fully saturated rings. The van der Waals surface area contributed by atoms with E-state index in [0.717, 1.165) is 36.0 Å². The molecular weight excluding hydrogens is 452 g/mol. The maximum atomic E-state index is 13.2.